The van der Waals surface area contributed by atoms with Crippen molar-refractivity contribution in [2.24, 2.45) is 11.1 Å². The van der Waals surface area contributed by atoms with Gasteiger partial charge in [0.2, 0.25) is 5.91 Å². The van der Waals surface area contributed by atoms with Gasteiger partial charge in [0.25, 0.3) is 0 Å². The Bertz CT molecular complexity index is 598. The number of nitrogens with zero attached hydrogens (tertiary/aromatic N) is 1. The van der Waals surface area contributed by atoms with Crippen molar-refractivity contribution in [2.45, 2.75) is 38.8 Å². The van der Waals surface area contributed by atoms with E-state index in [0.717, 1.165) is 18.6 Å². The standard InChI is InChI=1S/C17H23F3N2O/c1-15(2,12-5-4-6-13(9-12)17(18,19)20)14(23)22-8-7-16(3,10-21)11-22/h4-6,9H,7-8,10-11,21H2,1-3H3. The molecule has 1 aromatic rings. The molecule has 1 aliphatic heterocycles. The second-order valence-corrected chi connectivity index (χ2v) is 7.20. The number of carbonyl (C=O) groups excluding carboxylic acids is 1. The number of hydrogen-bond donors (Lipinski definition) is 1. The van der Waals surface area contributed by atoms with Crippen LogP contribution in [0.4, 0.5) is 13.2 Å². The molecule has 1 saturated heterocycles. The van der Waals surface area contributed by atoms with E-state index in [1.807, 2.05) is 6.92 Å². The Kier molecular flexibility index (Phi) is 4.50. The summed E-state index contributed by atoms with van der Waals surface area (Å²) < 4.78 is 38.7. The number of nitrogens with two attached hydrogens (primary N) is 1. The molecule has 0 saturated carbocycles. The Hall–Kier alpha value is -1.56. The van der Waals surface area contributed by atoms with E-state index in [4.69, 9.17) is 5.73 Å². The molecular weight excluding hydrogens is 305 g/mol. The molecule has 1 unspecified atom stereocenters. The van der Waals surface area contributed by atoms with Gasteiger partial charge in [-0.25, -0.2) is 0 Å². The fourth-order valence-corrected chi connectivity index (χ4v) is 2.97. The lowest BCUT2D eigenvalue weighted by atomic mass is 9.82. The topological polar surface area (TPSA) is 46.3 Å². The number of benzene rings is 1. The first-order valence-electron chi connectivity index (χ1n) is 7.67. The molecule has 1 fully saturated rings. The summed E-state index contributed by atoms with van der Waals surface area (Å²) in [6.07, 6.45) is -3.60. The summed E-state index contributed by atoms with van der Waals surface area (Å²) in [6.45, 7) is 6.99. The number of alkyl halides is 3. The van der Waals surface area contributed by atoms with Gasteiger partial charge in [-0.3, -0.25) is 4.79 Å². The zero-order chi connectivity index (χ0) is 17.5. The minimum Gasteiger partial charge on any atom is -0.341 e. The predicted molar refractivity (Wildman–Crippen MR) is 82.8 cm³/mol. The highest BCUT2D eigenvalue weighted by molar-refractivity contribution is 5.87. The molecule has 1 atom stereocenters. The van der Waals surface area contributed by atoms with Gasteiger partial charge in [0.05, 0.1) is 11.0 Å². The van der Waals surface area contributed by atoms with Gasteiger partial charge in [-0.15, -0.1) is 0 Å². The highest BCUT2D eigenvalue weighted by Crippen LogP contribution is 2.36. The van der Waals surface area contributed by atoms with Gasteiger partial charge in [-0.1, -0.05) is 25.1 Å². The van der Waals surface area contributed by atoms with Gasteiger partial charge in [-0.2, -0.15) is 13.2 Å². The maximum Gasteiger partial charge on any atom is 0.416 e. The first-order chi connectivity index (χ1) is 10.5. The Labute approximate surface area is 134 Å². The van der Waals surface area contributed by atoms with Gasteiger partial charge in [-0.05, 0) is 43.9 Å². The van der Waals surface area contributed by atoms with Crippen LogP contribution in [0.2, 0.25) is 0 Å². The first-order valence-corrected chi connectivity index (χ1v) is 7.67. The van der Waals surface area contributed by atoms with Crippen molar-refractivity contribution in [1.82, 2.24) is 4.90 Å². The summed E-state index contributed by atoms with van der Waals surface area (Å²) in [5, 5.41) is 0. The van der Waals surface area contributed by atoms with E-state index in [-0.39, 0.29) is 11.3 Å². The molecule has 1 aliphatic rings. The summed E-state index contributed by atoms with van der Waals surface area (Å²) >= 11 is 0. The summed E-state index contributed by atoms with van der Waals surface area (Å²) in [6, 6.07) is 5.01. The fourth-order valence-electron chi connectivity index (χ4n) is 2.97. The monoisotopic (exact) mass is 328 g/mol. The van der Waals surface area contributed by atoms with Gasteiger partial charge in [0.1, 0.15) is 0 Å². The number of amides is 1. The zero-order valence-corrected chi connectivity index (χ0v) is 13.7. The van der Waals surface area contributed by atoms with Crippen LogP contribution >= 0.6 is 0 Å². The van der Waals surface area contributed by atoms with Gasteiger partial charge in [0, 0.05) is 13.1 Å². The molecule has 0 bridgehead atoms. The van der Waals surface area contributed by atoms with Crippen molar-refractivity contribution in [3.05, 3.63) is 35.4 Å². The normalized spacial score (nSPS) is 22.5. The molecule has 0 radical (unpaired) electrons. The van der Waals surface area contributed by atoms with Crippen molar-refractivity contribution in [3.63, 3.8) is 0 Å². The molecular formula is C17H23F3N2O. The van der Waals surface area contributed by atoms with E-state index >= 15 is 0 Å². The molecule has 1 heterocycles. The third kappa shape index (κ3) is 3.52. The van der Waals surface area contributed by atoms with Crippen molar-refractivity contribution >= 4 is 5.91 Å². The highest BCUT2D eigenvalue weighted by atomic mass is 19.4. The summed E-state index contributed by atoms with van der Waals surface area (Å²) in [7, 11) is 0. The van der Waals surface area contributed by atoms with Crippen LogP contribution in [0, 0.1) is 5.41 Å². The minimum atomic E-state index is -4.42. The van der Waals surface area contributed by atoms with E-state index in [1.54, 1.807) is 24.8 Å². The minimum absolute atomic E-state index is 0.112. The van der Waals surface area contributed by atoms with Crippen LogP contribution in [-0.2, 0) is 16.4 Å². The van der Waals surface area contributed by atoms with Crippen molar-refractivity contribution in [3.8, 4) is 0 Å². The molecule has 2 rings (SSSR count). The Morgan fingerprint density at radius 2 is 1.91 bits per heavy atom. The summed E-state index contributed by atoms with van der Waals surface area (Å²) in [4.78, 5) is 14.6. The lowest BCUT2D eigenvalue weighted by Crippen LogP contribution is -2.43. The molecule has 1 aromatic carbocycles. The van der Waals surface area contributed by atoms with Crippen LogP contribution in [0.1, 0.15) is 38.3 Å². The SMILES string of the molecule is CC1(CN)CCN(C(=O)C(C)(C)c2cccc(C(F)(F)F)c2)C1. The van der Waals surface area contributed by atoms with Crippen molar-refractivity contribution in [1.29, 1.82) is 0 Å². The van der Waals surface area contributed by atoms with E-state index < -0.39 is 17.2 Å². The second-order valence-electron chi connectivity index (χ2n) is 7.20. The Morgan fingerprint density at radius 3 is 2.43 bits per heavy atom. The molecule has 0 spiro atoms. The third-order valence-corrected chi connectivity index (χ3v) is 4.78. The Morgan fingerprint density at radius 1 is 1.30 bits per heavy atom. The maximum absolute atomic E-state index is 12.9. The summed E-state index contributed by atoms with van der Waals surface area (Å²) in [5.74, 6) is -0.158. The van der Waals surface area contributed by atoms with Crippen LogP contribution < -0.4 is 5.73 Å². The zero-order valence-electron chi connectivity index (χ0n) is 13.7. The van der Waals surface area contributed by atoms with Crippen LogP contribution in [0.15, 0.2) is 24.3 Å². The van der Waals surface area contributed by atoms with E-state index in [9.17, 15) is 18.0 Å². The smallest absolute Gasteiger partial charge is 0.341 e. The largest absolute Gasteiger partial charge is 0.416 e. The van der Waals surface area contributed by atoms with Crippen LogP contribution in [0.3, 0.4) is 0 Å². The molecule has 1 amide bonds. The number of likely N-dealkylation sites (tertiary alicyclic amines) is 1. The lowest BCUT2D eigenvalue weighted by Gasteiger charge is -2.31. The molecule has 128 valence electrons. The quantitative estimate of drug-likeness (QED) is 0.926. The number of halogens is 3. The van der Waals surface area contributed by atoms with E-state index in [1.165, 1.54) is 6.07 Å². The van der Waals surface area contributed by atoms with E-state index in [0.29, 0.717) is 25.2 Å². The highest BCUT2D eigenvalue weighted by Gasteiger charge is 2.41. The fraction of sp³-hybridized carbons (Fsp3) is 0.588. The first kappa shape index (κ1) is 17.8. The summed E-state index contributed by atoms with van der Waals surface area (Å²) in [5.41, 5.74) is 4.27. The van der Waals surface area contributed by atoms with Crippen LogP contribution in [0.5, 0.6) is 0 Å². The third-order valence-electron chi connectivity index (χ3n) is 4.78. The van der Waals surface area contributed by atoms with Crippen molar-refractivity contribution < 1.29 is 18.0 Å². The molecule has 6 heteroatoms. The van der Waals surface area contributed by atoms with E-state index in [2.05, 4.69) is 0 Å². The number of hydrogen-bond acceptors (Lipinski definition) is 2. The molecule has 0 aliphatic carbocycles. The van der Waals surface area contributed by atoms with Gasteiger partial charge < -0.3 is 10.6 Å². The maximum atomic E-state index is 12.9. The predicted octanol–water partition coefficient (Wildman–Crippen LogP) is 3.18. The molecule has 23 heavy (non-hydrogen) atoms. The van der Waals surface area contributed by atoms with Crippen molar-refractivity contribution in [2.75, 3.05) is 19.6 Å². The number of carbonyl (C=O) groups is 1. The van der Waals surface area contributed by atoms with Crippen LogP contribution in [-0.4, -0.2) is 30.4 Å². The second kappa shape index (κ2) is 5.82. The number of rotatable bonds is 3. The average Bonchev–Trinajstić information content (AvgIpc) is 2.89. The van der Waals surface area contributed by atoms with Crippen LogP contribution in [0.25, 0.3) is 0 Å². The molecule has 2 N–H and O–H groups in total. The van der Waals surface area contributed by atoms with Gasteiger partial charge >= 0.3 is 6.18 Å². The lowest BCUT2D eigenvalue weighted by molar-refractivity contribution is -0.138. The Balaban J connectivity index is 2.26. The molecule has 0 aromatic heterocycles. The van der Waals surface area contributed by atoms with Gasteiger partial charge in [0.15, 0.2) is 0 Å². The average molecular weight is 328 g/mol. The molecule has 3 nitrogen and oxygen atoms in total.